The zero-order valence-electron chi connectivity index (χ0n) is 22.0. The highest BCUT2D eigenvalue weighted by atomic mass is 16.6. The van der Waals surface area contributed by atoms with E-state index in [2.05, 4.69) is 18.7 Å². The minimum absolute atomic E-state index is 0.0237. The molecule has 1 unspecified atom stereocenters. The summed E-state index contributed by atoms with van der Waals surface area (Å²) >= 11 is 0. The molecule has 1 aliphatic heterocycles. The fourth-order valence-electron chi connectivity index (χ4n) is 4.74. The maximum Gasteiger partial charge on any atom is 0.345 e. The number of carbonyl (C=O) groups excluding carboxylic acids is 2. The van der Waals surface area contributed by atoms with E-state index in [1.807, 2.05) is 48.5 Å². The number of hydrogen-bond acceptors (Lipinski definition) is 6. The SMILES string of the molecule is CC(=O)OC(Cc1ccc(OCCN2CCC(C)(C)c3cc(C(=O)c4ccccc4)ccc32)cc1)C(=O)O. The van der Waals surface area contributed by atoms with Crippen LogP contribution >= 0.6 is 0 Å². The third-order valence-electron chi connectivity index (χ3n) is 6.93. The minimum atomic E-state index is -1.22. The molecule has 198 valence electrons. The summed E-state index contributed by atoms with van der Waals surface area (Å²) in [6.45, 7) is 7.67. The monoisotopic (exact) mass is 515 g/mol. The molecule has 3 aromatic rings. The lowest BCUT2D eigenvalue weighted by Crippen LogP contribution is -2.39. The molecule has 1 heterocycles. The molecule has 0 saturated heterocycles. The summed E-state index contributed by atoms with van der Waals surface area (Å²) < 4.78 is 10.8. The molecule has 0 aromatic heterocycles. The van der Waals surface area contributed by atoms with Crippen LogP contribution in [0.2, 0.25) is 0 Å². The molecule has 1 atom stereocenters. The molecule has 0 saturated carbocycles. The number of benzene rings is 3. The van der Waals surface area contributed by atoms with E-state index in [4.69, 9.17) is 9.47 Å². The number of anilines is 1. The topological polar surface area (TPSA) is 93.1 Å². The average molecular weight is 516 g/mol. The standard InChI is InChI=1S/C31H33NO6/c1-21(33)38-28(30(35)36)19-22-9-12-25(13-10-22)37-18-17-32-16-15-31(2,3)26-20-24(11-14-27(26)32)29(34)23-7-5-4-6-8-23/h4-14,20,28H,15-19H2,1-3H3,(H,35,36). The molecule has 0 radical (unpaired) electrons. The highest BCUT2D eigenvalue weighted by Crippen LogP contribution is 2.40. The van der Waals surface area contributed by atoms with Crippen molar-refractivity contribution in [3.05, 3.63) is 95.1 Å². The number of esters is 1. The van der Waals surface area contributed by atoms with E-state index in [1.54, 1.807) is 24.3 Å². The van der Waals surface area contributed by atoms with E-state index in [-0.39, 0.29) is 17.6 Å². The number of fused-ring (bicyclic) bond motifs is 1. The number of ketones is 1. The van der Waals surface area contributed by atoms with Gasteiger partial charge in [-0.3, -0.25) is 9.59 Å². The first-order chi connectivity index (χ1) is 18.1. The Morgan fingerprint density at radius 1 is 0.974 bits per heavy atom. The smallest absolute Gasteiger partial charge is 0.345 e. The Morgan fingerprint density at radius 2 is 1.68 bits per heavy atom. The summed E-state index contributed by atoms with van der Waals surface area (Å²) in [5, 5.41) is 9.25. The van der Waals surface area contributed by atoms with Crippen LogP contribution in [-0.4, -0.2) is 48.6 Å². The van der Waals surface area contributed by atoms with Crippen molar-refractivity contribution < 1.29 is 29.0 Å². The van der Waals surface area contributed by atoms with Crippen molar-refractivity contribution in [1.82, 2.24) is 0 Å². The van der Waals surface area contributed by atoms with Crippen LogP contribution in [-0.2, 0) is 26.2 Å². The summed E-state index contributed by atoms with van der Waals surface area (Å²) in [7, 11) is 0. The number of carboxylic acids is 1. The van der Waals surface area contributed by atoms with Gasteiger partial charge in [0.15, 0.2) is 5.78 Å². The molecule has 0 fully saturated rings. The van der Waals surface area contributed by atoms with Gasteiger partial charge in [-0.15, -0.1) is 0 Å². The fourth-order valence-corrected chi connectivity index (χ4v) is 4.74. The predicted octanol–water partition coefficient (Wildman–Crippen LogP) is 5.04. The van der Waals surface area contributed by atoms with Crippen molar-refractivity contribution in [2.24, 2.45) is 0 Å². The maximum absolute atomic E-state index is 13.0. The highest BCUT2D eigenvalue weighted by Gasteiger charge is 2.32. The number of hydrogen-bond donors (Lipinski definition) is 1. The molecule has 1 aliphatic rings. The molecule has 7 nitrogen and oxygen atoms in total. The third kappa shape index (κ3) is 6.40. The maximum atomic E-state index is 13.0. The van der Waals surface area contributed by atoms with Crippen molar-refractivity contribution >= 4 is 23.4 Å². The van der Waals surface area contributed by atoms with Crippen LogP contribution in [0.1, 0.15) is 54.2 Å². The number of carboxylic acid groups (broad SMARTS) is 1. The molecule has 38 heavy (non-hydrogen) atoms. The number of aliphatic carboxylic acids is 1. The van der Waals surface area contributed by atoms with E-state index < -0.39 is 18.0 Å². The molecule has 4 rings (SSSR count). The van der Waals surface area contributed by atoms with E-state index in [0.717, 1.165) is 29.8 Å². The van der Waals surface area contributed by atoms with Gasteiger partial charge in [-0.2, -0.15) is 0 Å². The fraction of sp³-hybridized carbons (Fsp3) is 0.323. The Morgan fingerprint density at radius 3 is 2.34 bits per heavy atom. The highest BCUT2D eigenvalue weighted by molar-refractivity contribution is 6.09. The molecule has 0 amide bonds. The van der Waals surface area contributed by atoms with Gasteiger partial charge in [0.2, 0.25) is 6.10 Å². The molecule has 0 spiro atoms. The predicted molar refractivity (Wildman–Crippen MR) is 145 cm³/mol. The number of ether oxygens (including phenoxy) is 2. The lowest BCUT2D eigenvalue weighted by Gasteiger charge is -2.40. The van der Waals surface area contributed by atoms with Crippen LogP contribution in [0.25, 0.3) is 0 Å². The van der Waals surface area contributed by atoms with Gasteiger partial charge in [0.1, 0.15) is 12.4 Å². The summed E-state index contributed by atoms with van der Waals surface area (Å²) in [4.78, 5) is 37.8. The lowest BCUT2D eigenvalue weighted by atomic mass is 9.76. The second kappa shape index (κ2) is 11.5. The Kier molecular flexibility index (Phi) is 8.15. The van der Waals surface area contributed by atoms with Gasteiger partial charge in [0.25, 0.3) is 0 Å². The molecular formula is C31H33NO6. The van der Waals surface area contributed by atoms with E-state index in [0.29, 0.717) is 30.0 Å². The van der Waals surface area contributed by atoms with E-state index in [9.17, 15) is 19.5 Å². The Bertz CT molecular complexity index is 1300. The van der Waals surface area contributed by atoms with Gasteiger partial charge in [-0.1, -0.05) is 56.3 Å². The van der Waals surface area contributed by atoms with E-state index >= 15 is 0 Å². The van der Waals surface area contributed by atoms with Crippen LogP contribution in [0.4, 0.5) is 5.69 Å². The van der Waals surface area contributed by atoms with Crippen molar-refractivity contribution in [2.75, 3.05) is 24.6 Å². The first-order valence-electron chi connectivity index (χ1n) is 12.7. The molecule has 3 aromatic carbocycles. The first kappa shape index (κ1) is 26.9. The molecule has 7 heteroatoms. The number of rotatable bonds is 10. The van der Waals surface area contributed by atoms with Crippen molar-refractivity contribution in [3.63, 3.8) is 0 Å². The zero-order valence-corrected chi connectivity index (χ0v) is 22.0. The third-order valence-corrected chi connectivity index (χ3v) is 6.93. The summed E-state index contributed by atoms with van der Waals surface area (Å²) in [6.07, 6.45) is -0.166. The summed E-state index contributed by atoms with van der Waals surface area (Å²) in [5.41, 5.74) is 4.35. The Balaban J connectivity index is 1.39. The van der Waals surface area contributed by atoms with Gasteiger partial charge in [0, 0.05) is 36.7 Å². The number of nitrogens with zero attached hydrogens (tertiary/aromatic N) is 1. The van der Waals surface area contributed by atoms with Crippen LogP contribution < -0.4 is 9.64 Å². The van der Waals surface area contributed by atoms with Gasteiger partial charge in [-0.25, -0.2) is 4.79 Å². The number of carbonyl (C=O) groups is 3. The van der Waals surface area contributed by atoms with Crippen molar-refractivity contribution in [1.29, 1.82) is 0 Å². The lowest BCUT2D eigenvalue weighted by molar-refractivity contribution is -0.162. The minimum Gasteiger partial charge on any atom is -0.492 e. The Labute approximate surface area is 223 Å². The van der Waals surface area contributed by atoms with Crippen LogP contribution in [0.3, 0.4) is 0 Å². The van der Waals surface area contributed by atoms with Crippen LogP contribution in [0, 0.1) is 0 Å². The molecule has 0 aliphatic carbocycles. The van der Waals surface area contributed by atoms with Crippen LogP contribution in [0.5, 0.6) is 5.75 Å². The van der Waals surface area contributed by atoms with Crippen molar-refractivity contribution in [3.8, 4) is 5.75 Å². The molecule has 0 bridgehead atoms. The molecule has 1 N–H and O–H groups in total. The summed E-state index contributed by atoms with van der Waals surface area (Å²) in [6, 6.07) is 22.5. The van der Waals surface area contributed by atoms with Gasteiger partial charge in [-0.05, 0) is 53.3 Å². The quantitative estimate of drug-likeness (QED) is 0.299. The van der Waals surface area contributed by atoms with Gasteiger partial charge in [0.05, 0.1) is 6.54 Å². The average Bonchev–Trinajstić information content (AvgIpc) is 2.90. The van der Waals surface area contributed by atoms with Crippen molar-refractivity contribution in [2.45, 2.75) is 45.1 Å². The Hall–Kier alpha value is -4.13. The second-order valence-electron chi connectivity index (χ2n) is 10.2. The van der Waals surface area contributed by atoms with Gasteiger partial charge < -0.3 is 19.5 Å². The second-order valence-corrected chi connectivity index (χ2v) is 10.2. The van der Waals surface area contributed by atoms with Gasteiger partial charge >= 0.3 is 11.9 Å². The largest absolute Gasteiger partial charge is 0.492 e. The van der Waals surface area contributed by atoms with Crippen LogP contribution in [0.15, 0.2) is 72.8 Å². The first-order valence-corrected chi connectivity index (χ1v) is 12.7. The summed E-state index contributed by atoms with van der Waals surface area (Å²) in [5.74, 6) is -1.11. The van der Waals surface area contributed by atoms with E-state index in [1.165, 1.54) is 6.92 Å². The zero-order chi connectivity index (χ0) is 27.3. The normalized spacial score (nSPS) is 14.8. The molecular weight excluding hydrogens is 482 g/mol.